The minimum absolute atomic E-state index is 0.164. The van der Waals surface area contributed by atoms with Crippen molar-refractivity contribution in [3.05, 3.63) is 0 Å². The van der Waals surface area contributed by atoms with Gasteiger partial charge in [0.25, 0.3) is 0 Å². The molecule has 0 saturated carbocycles. The van der Waals surface area contributed by atoms with Crippen molar-refractivity contribution in [2.24, 2.45) is 11.8 Å². The number of rotatable bonds is 5. The molecule has 134 valence electrons. The van der Waals surface area contributed by atoms with Gasteiger partial charge in [-0.2, -0.15) is 0 Å². The summed E-state index contributed by atoms with van der Waals surface area (Å²) < 4.78 is 24.6. The summed E-state index contributed by atoms with van der Waals surface area (Å²) in [6.07, 6.45) is 5.71. The summed E-state index contributed by atoms with van der Waals surface area (Å²) in [5.74, 6) is 1.18. The van der Waals surface area contributed by atoms with Gasteiger partial charge in [-0.1, -0.05) is 6.92 Å². The summed E-state index contributed by atoms with van der Waals surface area (Å²) >= 11 is 0. The Hall–Kier alpha value is -0.660. The number of carbonyl (C=O) groups is 1. The van der Waals surface area contributed by atoms with Crippen LogP contribution in [0.2, 0.25) is 0 Å². The third-order valence-corrected chi connectivity index (χ3v) is 6.77. The minimum Gasteiger partial charge on any atom is -0.343 e. The van der Waals surface area contributed by atoms with E-state index in [1.54, 1.807) is 0 Å². The average Bonchev–Trinajstić information content (AvgIpc) is 2.54. The van der Waals surface area contributed by atoms with Crippen molar-refractivity contribution in [1.82, 2.24) is 14.5 Å². The maximum atomic E-state index is 12.5. The number of amides is 1. The third kappa shape index (κ3) is 5.16. The Balaban J connectivity index is 1.81. The summed E-state index contributed by atoms with van der Waals surface area (Å²) in [5.41, 5.74) is 0. The van der Waals surface area contributed by atoms with E-state index in [9.17, 15) is 13.2 Å². The number of carbonyl (C=O) groups excluding carboxylic acids is 1. The Labute approximate surface area is 140 Å². The van der Waals surface area contributed by atoms with Gasteiger partial charge in [-0.3, -0.25) is 4.79 Å². The highest BCUT2D eigenvalue weighted by Gasteiger charge is 2.30. The predicted octanol–water partition coefficient (Wildman–Crippen LogP) is 0.895. The molecule has 0 aromatic heterocycles. The normalized spacial score (nSPS) is 26.0. The van der Waals surface area contributed by atoms with Gasteiger partial charge in [-0.05, 0) is 50.6 Å². The second-order valence-electron chi connectivity index (χ2n) is 7.19. The van der Waals surface area contributed by atoms with Crippen LogP contribution in [0.15, 0.2) is 0 Å². The van der Waals surface area contributed by atoms with Crippen LogP contribution in [0, 0.1) is 11.8 Å². The van der Waals surface area contributed by atoms with E-state index in [2.05, 4.69) is 12.2 Å². The van der Waals surface area contributed by atoms with Gasteiger partial charge in [0.05, 0.1) is 6.26 Å². The van der Waals surface area contributed by atoms with Gasteiger partial charge >= 0.3 is 0 Å². The molecule has 2 aliphatic rings. The number of piperidine rings is 2. The lowest BCUT2D eigenvalue weighted by Crippen LogP contribution is -2.47. The molecule has 0 bridgehead atoms. The number of sulfonamides is 1. The molecule has 6 nitrogen and oxygen atoms in total. The van der Waals surface area contributed by atoms with Crippen LogP contribution in [-0.2, 0) is 14.8 Å². The second kappa shape index (κ2) is 7.94. The van der Waals surface area contributed by atoms with Crippen LogP contribution in [0.25, 0.3) is 0 Å². The molecule has 2 atom stereocenters. The molecule has 2 saturated heterocycles. The summed E-state index contributed by atoms with van der Waals surface area (Å²) in [7, 11) is -1.24. The standard InChI is InChI=1S/C16H31N3O3S/c1-13(14-5-4-8-17-12-14)11-16(20)18(2)15-6-9-19(10-7-15)23(3,21)22/h13-15,17H,4-12H2,1-3H3. The van der Waals surface area contributed by atoms with Crippen LogP contribution in [0.4, 0.5) is 0 Å². The Kier molecular flexibility index (Phi) is 6.45. The Morgan fingerprint density at radius 3 is 2.48 bits per heavy atom. The van der Waals surface area contributed by atoms with Crippen LogP contribution in [0.3, 0.4) is 0 Å². The molecule has 2 fully saturated rings. The quantitative estimate of drug-likeness (QED) is 0.804. The molecular weight excluding hydrogens is 314 g/mol. The highest BCUT2D eigenvalue weighted by atomic mass is 32.2. The van der Waals surface area contributed by atoms with Crippen molar-refractivity contribution in [3.8, 4) is 0 Å². The summed E-state index contributed by atoms with van der Waals surface area (Å²) in [6, 6.07) is 0.164. The van der Waals surface area contributed by atoms with Crippen molar-refractivity contribution >= 4 is 15.9 Å². The van der Waals surface area contributed by atoms with Gasteiger partial charge in [0.15, 0.2) is 0 Å². The fourth-order valence-electron chi connectivity index (χ4n) is 3.72. The van der Waals surface area contributed by atoms with E-state index in [0.29, 0.717) is 31.3 Å². The molecule has 2 aliphatic heterocycles. The van der Waals surface area contributed by atoms with Crippen molar-refractivity contribution in [3.63, 3.8) is 0 Å². The molecule has 0 aliphatic carbocycles. The van der Waals surface area contributed by atoms with Crippen LogP contribution >= 0.6 is 0 Å². The highest BCUT2D eigenvalue weighted by molar-refractivity contribution is 7.88. The van der Waals surface area contributed by atoms with Gasteiger partial charge < -0.3 is 10.2 Å². The first-order valence-electron chi connectivity index (χ1n) is 8.70. The van der Waals surface area contributed by atoms with Crippen molar-refractivity contribution in [2.75, 3.05) is 39.5 Å². The van der Waals surface area contributed by atoms with Gasteiger partial charge in [-0.15, -0.1) is 0 Å². The smallest absolute Gasteiger partial charge is 0.222 e. The molecule has 1 N–H and O–H groups in total. The molecule has 0 aromatic rings. The largest absolute Gasteiger partial charge is 0.343 e. The zero-order valence-electron chi connectivity index (χ0n) is 14.6. The topological polar surface area (TPSA) is 69.7 Å². The molecule has 7 heteroatoms. The highest BCUT2D eigenvalue weighted by Crippen LogP contribution is 2.24. The molecule has 0 spiro atoms. The van der Waals surface area contributed by atoms with E-state index in [-0.39, 0.29) is 11.9 Å². The third-order valence-electron chi connectivity index (χ3n) is 5.47. The molecule has 23 heavy (non-hydrogen) atoms. The minimum atomic E-state index is -3.11. The second-order valence-corrected chi connectivity index (χ2v) is 9.17. The van der Waals surface area contributed by atoms with E-state index >= 15 is 0 Å². The van der Waals surface area contributed by atoms with Gasteiger partial charge in [-0.25, -0.2) is 12.7 Å². The number of nitrogens with one attached hydrogen (secondary N) is 1. The average molecular weight is 346 g/mol. The first-order valence-corrected chi connectivity index (χ1v) is 10.6. The van der Waals surface area contributed by atoms with E-state index in [1.807, 2.05) is 11.9 Å². The molecular formula is C16H31N3O3S. The number of nitrogens with zero attached hydrogens (tertiary/aromatic N) is 2. The fourth-order valence-corrected chi connectivity index (χ4v) is 4.59. The Bertz CT molecular complexity index is 495. The van der Waals surface area contributed by atoms with E-state index in [4.69, 9.17) is 0 Å². The monoisotopic (exact) mass is 345 g/mol. The van der Waals surface area contributed by atoms with Crippen molar-refractivity contribution in [2.45, 2.75) is 45.1 Å². The van der Waals surface area contributed by atoms with Gasteiger partial charge in [0, 0.05) is 32.6 Å². The lowest BCUT2D eigenvalue weighted by atomic mass is 9.85. The molecule has 2 unspecified atom stereocenters. The maximum absolute atomic E-state index is 12.5. The first kappa shape index (κ1) is 18.7. The Morgan fingerprint density at radius 1 is 1.30 bits per heavy atom. The van der Waals surface area contributed by atoms with Crippen LogP contribution < -0.4 is 5.32 Å². The number of hydrogen-bond donors (Lipinski definition) is 1. The summed E-state index contributed by atoms with van der Waals surface area (Å²) in [5, 5.41) is 3.41. The lowest BCUT2D eigenvalue weighted by Gasteiger charge is -2.36. The van der Waals surface area contributed by atoms with Crippen molar-refractivity contribution < 1.29 is 13.2 Å². The molecule has 2 rings (SSSR count). The van der Waals surface area contributed by atoms with Gasteiger partial charge in [0.2, 0.25) is 15.9 Å². The van der Waals surface area contributed by atoms with Crippen LogP contribution in [0.5, 0.6) is 0 Å². The van der Waals surface area contributed by atoms with E-state index < -0.39 is 10.0 Å². The maximum Gasteiger partial charge on any atom is 0.222 e. The Morgan fingerprint density at radius 2 is 1.96 bits per heavy atom. The van der Waals surface area contributed by atoms with Crippen LogP contribution in [0.1, 0.15) is 39.0 Å². The summed E-state index contributed by atoms with van der Waals surface area (Å²) in [6.45, 7) is 5.32. The number of hydrogen-bond acceptors (Lipinski definition) is 4. The van der Waals surface area contributed by atoms with E-state index in [1.165, 1.54) is 23.4 Å². The lowest BCUT2D eigenvalue weighted by molar-refractivity contribution is -0.134. The van der Waals surface area contributed by atoms with Crippen LogP contribution in [-0.4, -0.2) is 69.1 Å². The fraction of sp³-hybridized carbons (Fsp3) is 0.938. The SMILES string of the molecule is CC(CC(=O)N(C)C1CCN(S(C)(=O)=O)CC1)C1CCCNC1. The summed E-state index contributed by atoms with van der Waals surface area (Å²) in [4.78, 5) is 14.4. The molecule has 0 radical (unpaired) electrons. The zero-order chi connectivity index (χ0) is 17.0. The van der Waals surface area contributed by atoms with Gasteiger partial charge in [0.1, 0.15) is 0 Å². The van der Waals surface area contributed by atoms with Crippen molar-refractivity contribution in [1.29, 1.82) is 0 Å². The molecule has 0 aromatic carbocycles. The molecule has 2 heterocycles. The predicted molar refractivity (Wildman–Crippen MR) is 91.6 cm³/mol. The zero-order valence-corrected chi connectivity index (χ0v) is 15.4. The molecule has 1 amide bonds. The van der Waals surface area contributed by atoms with E-state index in [0.717, 1.165) is 25.9 Å². The first-order chi connectivity index (χ1) is 10.8.